The smallest absolute Gasteiger partial charge is 0.251 e. The minimum atomic E-state index is -0.358. The van der Waals surface area contributed by atoms with Gasteiger partial charge in [-0.15, -0.1) is 0 Å². The molecule has 1 radical (unpaired) electrons. The topological polar surface area (TPSA) is 66.4 Å². The quantitative estimate of drug-likeness (QED) is 0.696. The molecule has 0 bridgehead atoms. The molecule has 0 aliphatic heterocycles. The van der Waals surface area contributed by atoms with Crippen molar-refractivity contribution in [1.82, 2.24) is 5.32 Å². The Morgan fingerprint density at radius 3 is 2.54 bits per heavy atom. The number of hydrogen-bond acceptors (Lipinski definition) is 3. The lowest BCUT2D eigenvalue weighted by atomic mass is 10.2. The van der Waals surface area contributed by atoms with E-state index in [-0.39, 0.29) is 18.2 Å². The van der Waals surface area contributed by atoms with Gasteiger partial charge in [-0.05, 0) is 24.3 Å². The number of benzene rings is 1. The minimum Gasteiger partial charge on any atom is -0.508 e. The van der Waals surface area contributed by atoms with E-state index in [0.29, 0.717) is 5.56 Å². The van der Waals surface area contributed by atoms with Gasteiger partial charge in [0.05, 0.1) is 6.54 Å². The van der Waals surface area contributed by atoms with Crippen LogP contribution in [-0.4, -0.2) is 23.8 Å². The summed E-state index contributed by atoms with van der Waals surface area (Å²) in [6.45, 7) is -0.125. The normalized spacial score (nSPS) is 9.23. The van der Waals surface area contributed by atoms with Crippen LogP contribution in [0.1, 0.15) is 10.4 Å². The van der Waals surface area contributed by atoms with Gasteiger partial charge in [-0.3, -0.25) is 9.59 Å². The summed E-state index contributed by atoms with van der Waals surface area (Å²) < 4.78 is 0. The summed E-state index contributed by atoms with van der Waals surface area (Å²) in [5, 5.41) is 11.2. The fraction of sp³-hybridized carbons (Fsp3) is 0.111. The molecule has 0 aromatic heterocycles. The standard InChI is InChI=1S/C9H8NO3/c11-6-5-10-9(13)7-1-3-8(12)4-2-7/h1-4,12H,5H2,(H,10,13). The van der Waals surface area contributed by atoms with Crippen LogP contribution >= 0.6 is 0 Å². The fourth-order valence-electron chi connectivity index (χ4n) is 0.831. The predicted molar refractivity (Wildman–Crippen MR) is 46.1 cm³/mol. The Bertz CT molecular complexity index is 305. The number of rotatable bonds is 3. The molecule has 1 amide bonds. The maximum atomic E-state index is 11.1. The van der Waals surface area contributed by atoms with E-state index in [4.69, 9.17) is 5.11 Å². The number of nitrogens with one attached hydrogen (secondary N) is 1. The molecule has 0 unspecified atom stereocenters. The van der Waals surface area contributed by atoms with Crippen LogP contribution in [0.25, 0.3) is 0 Å². The molecule has 4 heteroatoms. The highest BCUT2D eigenvalue weighted by Crippen LogP contribution is 2.08. The third-order valence-electron chi connectivity index (χ3n) is 1.45. The molecule has 0 aliphatic carbocycles. The first-order chi connectivity index (χ1) is 6.24. The van der Waals surface area contributed by atoms with Gasteiger partial charge >= 0.3 is 0 Å². The van der Waals surface area contributed by atoms with E-state index in [2.05, 4.69) is 5.32 Å². The highest BCUT2D eigenvalue weighted by Gasteiger charge is 2.03. The van der Waals surface area contributed by atoms with Crippen LogP contribution in [0.5, 0.6) is 5.75 Å². The van der Waals surface area contributed by atoms with Gasteiger partial charge in [0.25, 0.3) is 5.91 Å². The average Bonchev–Trinajstić information content (AvgIpc) is 2.15. The van der Waals surface area contributed by atoms with Crippen LogP contribution in [0.2, 0.25) is 0 Å². The maximum absolute atomic E-state index is 11.1. The van der Waals surface area contributed by atoms with Gasteiger partial charge in [0.15, 0.2) is 0 Å². The van der Waals surface area contributed by atoms with Crippen LogP contribution < -0.4 is 5.32 Å². The molecule has 0 spiro atoms. The molecular weight excluding hydrogens is 170 g/mol. The first kappa shape index (κ1) is 9.25. The third-order valence-corrected chi connectivity index (χ3v) is 1.45. The van der Waals surface area contributed by atoms with Crippen molar-refractivity contribution in [2.75, 3.05) is 6.54 Å². The molecule has 0 saturated heterocycles. The highest BCUT2D eigenvalue weighted by atomic mass is 16.3. The summed E-state index contributed by atoms with van der Waals surface area (Å²) in [7, 11) is 0. The largest absolute Gasteiger partial charge is 0.508 e. The van der Waals surface area contributed by atoms with Gasteiger partial charge in [0, 0.05) is 5.56 Å². The number of hydrogen-bond donors (Lipinski definition) is 2. The predicted octanol–water partition coefficient (Wildman–Crippen LogP) is 0.232. The SMILES string of the molecule is O=[C]CNC(=O)c1ccc(O)cc1. The number of carbonyl (C=O) groups excluding carboxylic acids is 2. The zero-order valence-electron chi connectivity index (χ0n) is 6.78. The van der Waals surface area contributed by atoms with Crippen LogP contribution in [0.3, 0.4) is 0 Å². The van der Waals surface area contributed by atoms with Crippen molar-refractivity contribution in [1.29, 1.82) is 0 Å². The van der Waals surface area contributed by atoms with E-state index in [1.807, 2.05) is 0 Å². The van der Waals surface area contributed by atoms with Crippen molar-refractivity contribution in [3.8, 4) is 5.75 Å². The van der Waals surface area contributed by atoms with Crippen LogP contribution in [0.4, 0.5) is 0 Å². The number of phenolic OH excluding ortho intramolecular Hbond substituents is 1. The van der Waals surface area contributed by atoms with Crippen molar-refractivity contribution >= 4 is 12.2 Å². The van der Waals surface area contributed by atoms with E-state index in [0.717, 1.165) is 0 Å². The van der Waals surface area contributed by atoms with Gasteiger partial charge < -0.3 is 10.4 Å². The number of phenols is 1. The summed E-state index contributed by atoms with van der Waals surface area (Å²) in [5.41, 5.74) is 0.396. The summed E-state index contributed by atoms with van der Waals surface area (Å²) in [6, 6.07) is 5.74. The van der Waals surface area contributed by atoms with Crippen molar-refractivity contribution < 1.29 is 14.7 Å². The van der Waals surface area contributed by atoms with Gasteiger partial charge in [0.2, 0.25) is 6.29 Å². The molecule has 0 atom stereocenters. The zero-order chi connectivity index (χ0) is 9.68. The lowest BCUT2D eigenvalue weighted by Gasteiger charge is -2.00. The second kappa shape index (κ2) is 4.25. The number of aromatic hydroxyl groups is 1. The van der Waals surface area contributed by atoms with E-state index >= 15 is 0 Å². The Morgan fingerprint density at radius 2 is 2.00 bits per heavy atom. The summed E-state index contributed by atoms with van der Waals surface area (Å²) in [5.74, 6) is -0.262. The van der Waals surface area contributed by atoms with Gasteiger partial charge in [-0.25, -0.2) is 0 Å². The minimum absolute atomic E-state index is 0.0958. The van der Waals surface area contributed by atoms with Crippen LogP contribution in [-0.2, 0) is 4.79 Å². The number of amides is 1. The third kappa shape index (κ3) is 2.59. The fourth-order valence-corrected chi connectivity index (χ4v) is 0.831. The first-order valence-electron chi connectivity index (χ1n) is 3.66. The molecule has 1 aromatic rings. The lowest BCUT2D eigenvalue weighted by Crippen LogP contribution is -2.24. The Hall–Kier alpha value is -1.84. The molecule has 0 saturated carbocycles. The average molecular weight is 178 g/mol. The molecule has 0 aliphatic rings. The van der Waals surface area contributed by atoms with Crippen molar-refractivity contribution in [2.45, 2.75) is 0 Å². The first-order valence-corrected chi connectivity index (χ1v) is 3.66. The second-order valence-corrected chi connectivity index (χ2v) is 2.37. The maximum Gasteiger partial charge on any atom is 0.251 e. The molecule has 2 N–H and O–H groups in total. The van der Waals surface area contributed by atoms with Gasteiger partial charge in [0.1, 0.15) is 5.75 Å². The van der Waals surface area contributed by atoms with Crippen molar-refractivity contribution in [3.05, 3.63) is 29.8 Å². The highest BCUT2D eigenvalue weighted by molar-refractivity contribution is 5.95. The van der Waals surface area contributed by atoms with Gasteiger partial charge in [-0.1, -0.05) is 0 Å². The lowest BCUT2D eigenvalue weighted by molar-refractivity contribution is 0.0959. The van der Waals surface area contributed by atoms with E-state index < -0.39 is 0 Å². The molecule has 67 valence electrons. The van der Waals surface area contributed by atoms with E-state index in [1.165, 1.54) is 24.3 Å². The van der Waals surface area contributed by atoms with Gasteiger partial charge in [-0.2, -0.15) is 0 Å². The number of carbonyl (C=O) groups is 1. The summed E-state index contributed by atoms with van der Waals surface area (Å²) in [6.07, 6.45) is 1.55. The second-order valence-electron chi connectivity index (χ2n) is 2.37. The van der Waals surface area contributed by atoms with Crippen molar-refractivity contribution in [3.63, 3.8) is 0 Å². The molecule has 0 heterocycles. The van der Waals surface area contributed by atoms with Crippen LogP contribution in [0.15, 0.2) is 24.3 Å². The molecular formula is C9H8NO3. The molecule has 0 fully saturated rings. The summed E-state index contributed by atoms with van der Waals surface area (Å²) in [4.78, 5) is 21.0. The van der Waals surface area contributed by atoms with Crippen molar-refractivity contribution in [2.24, 2.45) is 0 Å². The molecule has 13 heavy (non-hydrogen) atoms. The van der Waals surface area contributed by atoms with E-state index in [9.17, 15) is 9.59 Å². The molecule has 1 rings (SSSR count). The summed E-state index contributed by atoms with van der Waals surface area (Å²) >= 11 is 0. The van der Waals surface area contributed by atoms with E-state index in [1.54, 1.807) is 6.29 Å². The Morgan fingerprint density at radius 1 is 1.38 bits per heavy atom. The Labute approximate surface area is 75.2 Å². The monoisotopic (exact) mass is 178 g/mol. The molecule has 4 nitrogen and oxygen atoms in total. The Kier molecular flexibility index (Phi) is 3.03. The molecule has 1 aromatic carbocycles. The van der Waals surface area contributed by atoms with Crippen LogP contribution in [0, 0.1) is 0 Å². The zero-order valence-corrected chi connectivity index (χ0v) is 6.78. The Balaban J connectivity index is 2.66.